The maximum Gasteiger partial charge on any atom is 0.231 e. The molecule has 5 nitrogen and oxygen atoms in total. The van der Waals surface area contributed by atoms with Crippen LogP contribution >= 0.6 is 0 Å². The monoisotopic (exact) mass is 212 g/mol. The first-order chi connectivity index (χ1) is 7.20. The van der Waals surface area contributed by atoms with E-state index in [0.29, 0.717) is 22.8 Å². The third-order valence-electron chi connectivity index (χ3n) is 2.34. The molecule has 0 atom stereocenters. The van der Waals surface area contributed by atoms with Crippen molar-refractivity contribution in [2.24, 2.45) is 0 Å². The summed E-state index contributed by atoms with van der Waals surface area (Å²) in [5.74, 6) is 1.63. The minimum Gasteiger partial charge on any atom is -0.504 e. The lowest BCUT2D eigenvalue weighted by Gasteiger charge is -2.13. The molecule has 1 aliphatic heterocycles. The Bertz CT molecular complexity index is 363. The molecule has 0 aliphatic carbocycles. The van der Waals surface area contributed by atoms with Crippen molar-refractivity contribution in [2.75, 3.05) is 21.0 Å². The Balaban J connectivity index is 2.72. The van der Waals surface area contributed by atoms with Gasteiger partial charge in [0.1, 0.15) is 0 Å². The molecule has 0 fully saturated rings. The zero-order chi connectivity index (χ0) is 11.0. The van der Waals surface area contributed by atoms with Crippen LogP contribution in [0.2, 0.25) is 0 Å². The van der Waals surface area contributed by atoms with Gasteiger partial charge in [-0.1, -0.05) is 0 Å². The molecule has 1 aromatic rings. The van der Waals surface area contributed by atoms with Crippen LogP contribution in [0.1, 0.15) is 5.56 Å². The van der Waals surface area contributed by atoms with Crippen molar-refractivity contribution in [1.29, 1.82) is 0 Å². The van der Waals surface area contributed by atoms with Crippen molar-refractivity contribution >= 4 is 0 Å². The minimum atomic E-state index is 0.0126. The molecular weight excluding hydrogens is 200 g/mol. The summed E-state index contributed by atoms with van der Waals surface area (Å²) in [6.45, 7) is 1.82. The summed E-state index contributed by atoms with van der Waals surface area (Å²) in [7, 11) is 2.97. The summed E-state index contributed by atoms with van der Waals surface area (Å²) in [6.07, 6.45) is 0. The van der Waals surface area contributed by atoms with Crippen molar-refractivity contribution in [3.63, 3.8) is 0 Å². The van der Waals surface area contributed by atoms with E-state index in [4.69, 9.17) is 18.9 Å². The highest BCUT2D eigenvalue weighted by Crippen LogP contribution is 2.54. The fourth-order valence-electron chi connectivity index (χ4n) is 1.61. The number of benzene rings is 1. The largest absolute Gasteiger partial charge is 0.504 e. The van der Waals surface area contributed by atoms with Crippen molar-refractivity contribution in [1.82, 2.24) is 0 Å². The molecule has 5 heteroatoms. The van der Waals surface area contributed by atoms with Crippen LogP contribution in [0.3, 0.4) is 0 Å². The number of hydrogen-bond acceptors (Lipinski definition) is 5. The van der Waals surface area contributed by atoms with E-state index in [1.807, 2.05) is 0 Å². The fraction of sp³-hybridized carbons (Fsp3) is 0.400. The zero-order valence-electron chi connectivity index (χ0n) is 8.79. The number of fused-ring (bicyclic) bond motifs is 1. The van der Waals surface area contributed by atoms with Gasteiger partial charge in [0.05, 0.1) is 14.2 Å². The van der Waals surface area contributed by atoms with E-state index in [1.54, 1.807) is 6.92 Å². The van der Waals surface area contributed by atoms with Crippen LogP contribution in [-0.4, -0.2) is 26.1 Å². The third-order valence-corrected chi connectivity index (χ3v) is 2.34. The number of phenols is 1. The molecule has 15 heavy (non-hydrogen) atoms. The van der Waals surface area contributed by atoms with E-state index in [2.05, 4.69) is 0 Å². The first kappa shape index (κ1) is 9.76. The van der Waals surface area contributed by atoms with E-state index < -0.39 is 0 Å². The first-order valence-electron chi connectivity index (χ1n) is 4.43. The van der Waals surface area contributed by atoms with Gasteiger partial charge in [-0.3, -0.25) is 0 Å². The summed E-state index contributed by atoms with van der Waals surface area (Å²) in [4.78, 5) is 0. The van der Waals surface area contributed by atoms with Gasteiger partial charge in [0.15, 0.2) is 11.5 Å². The molecule has 0 bridgehead atoms. The molecule has 0 aromatic heterocycles. The van der Waals surface area contributed by atoms with Gasteiger partial charge in [0.2, 0.25) is 24.0 Å². The Morgan fingerprint density at radius 1 is 1.07 bits per heavy atom. The lowest BCUT2D eigenvalue weighted by Crippen LogP contribution is -1.94. The van der Waals surface area contributed by atoms with E-state index in [-0.39, 0.29) is 18.3 Å². The molecule has 1 aromatic carbocycles. The second kappa shape index (κ2) is 3.42. The number of methoxy groups -OCH3 is 2. The normalized spacial score (nSPS) is 12.7. The highest BCUT2D eigenvalue weighted by molar-refractivity contribution is 5.70. The van der Waals surface area contributed by atoms with Crippen LogP contribution in [0.5, 0.6) is 28.7 Å². The lowest BCUT2D eigenvalue weighted by molar-refractivity contribution is 0.168. The Labute approximate surface area is 87.1 Å². The summed E-state index contributed by atoms with van der Waals surface area (Å²) >= 11 is 0. The van der Waals surface area contributed by atoms with E-state index in [1.165, 1.54) is 14.2 Å². The van der Waals surface area contributed by atoms with Gasteiger partial charge in [0, 0.05) is 5.56 Å². The molecule has 0 saturated carbocycles. The maximum atomic E-state index is 9.83. The van der Waals surface area contributed by atoms with Gasteiger partial charge >= 0.3 is 0 Å². The van der Waals surface area contributed by atoms with Gasteiger partial charge < -0.3 is 24.1 Å². The highest BCUT2D eigenvalue weighted by atomic mass is 16.7. The molecule has 2 rings (SSSR count). The number of rotatable bonds is 2. The predicted octanol–water partition coefficient (Wildman–Crippen LogP) is 1.45. The number of phenolic OH excluding ortho intramolecular Hbond substituents is 1. The molecule has 82 valence electrons. The standard InChI is InChI=1S/C10H12O5/c1-5-6(11)8(13-3)10-9(7(5)12-2)14-4-15-10/h11H,4H2,1-3H3. The van der Waals surface area contributed by atoms with Crippen LogP contribution in [0.4, 0.5) is 0 Å². The van der Waals surface area contributed by atoms with Crippen LogP contribution in [0.25, 0.3) is 0 Å². The summed E-state index contributed by atoms with van der Waals surface area (Å²) in [6, 6.07) is 0. The molecule has 1 aliphatic rings. The van der Waals surface area contributed by atoms with Gasteiger partial charge in [-0.25, -0.2) is 0 Å². The fourth-order valence-corrected chi connectivity index (χ4v) is 1.61. The summed E-state index contributed by atoms with van der Waals surface area (Å²) in [5, 5.41) is 9.83. The van der Waals surface area contributed by atoms with Crippen molar-refractivity contribution < 1.29 is 24.1 Å². The summed E-state index contributed by atoms with van der Waals surface area (Å²) < 4.78 is 20.7. The Kier molecular flexibility index (Phi) is 2.22. The van der Waals surface area contributed by atoms with Gasteiger partial charge in [-0.15, -0.1) is 0 Å². The SMILES string of the molecule is COc1c(C)c(O)c(OC)c2c1OCO2. The van der Waals surface area contributed by atoms with Gasteiger partial charge in [0.25, 0.3) is 0 Å². The number of hydrogen-bond donors (Lipinski definition) is 1. The lowest BCUT2D eigenvalue weighted by atomic mass is 10.1. The van der Waals surface area contributed by atoms with E-state index in [9.17, 15) is 5.11 Å². The average Bonchev–Trinajstić information content (AvgIpc) is 2.69. The smallest absolute Gasteiger partial charge is 0.231 e. The quantitative estimate of drug-likeness (QED) is 0.804. The first-order valence-corrected chi connectivity index (χ1v) is 4.43. The molecule has 0 amide bonds. The molecule has 1 N–H and O–H groups in total. The minimum absolute atomic E-state index is 0.0126. The highest BCUT2D eigenvalue weighted by Gasteiger charge is 2.29. The number of ether oxygens (including phenoxy) is 4. The van der Waals surface area contributed by atoms with Gasteiger partial charge in [-0.2, -0.15) is 0 Å². The Morgan fingerprint density at radius 2 is 1.60 bits per heavy atom. The predicted molar refractivity (Wildman–Crippen MR) is 52.1 cm³/mol. The molecule has 0 radical (unpaired) electrons. The van der Waals surface area contributed by atoms with Crippen molar-refractivity contribution in [2.45, 2.75) is 6.92 Å². The van der Waals surface area contributed by atoms with Crippen LogP contribution < -0.4 is 18.9 Å². The second-order valence-corrected chi connectivity index (χ2v) is 3.10. The Morgan fingerprint density at radius 3 is 2.13 bits per heavy atom. The van der Waals surface area contributed by atoms with Crippen LogP contribution in [-0.2, 0) is 0 Å². The maximum absolute atomic E-state index is 9.83. The van der Waals surface area contributed by atoms with E-state index in [0.717, 1.165) is 0 Å². The molecular formula is C10H12O5. The average molecular weight is 212 g/mol. The Hall–Kier alpha value is -1.78. The van der Waals surface area contributed by atoms with Crippen molar-refractivity contribution in [3.8, 4) is 28.7 Å². The molecule has 0 saturated heterocycles. The van der Waals surface area contributed by atoms with Crippen LogP contribution in [0, 0.1) is 6.92 Å². The second-order valence-electron chi connectivity index (χ2n) is 3.10. The zero-order valence-corrected chi connectivity index (χ0v) is 8.79. The van der Waals surface area contributed by atoms with E-state index >= 15 is 0 Å². The number of aromatic hydroxyl groups is 1. The summed E-state index contributed by atoms with van der Waals surface area (Å²) in [5.41, 5.74) is 0.568. The van der Waals surface area contributed by atoms with Gasteiger partial charge in [-0.05, 0) is 6.92 Å². The molecule has 1 heterocycles. The molecule has 0 spiro atoms. The molecule has 0 unspecified atom stereocenters. The third kappa shape index (κ3) is 1.23. The van der Waals surface area contributed by atoms with Crippen LogP contribution in [0.15, 0.2) is 0 Å². The topological polar surface area (TPSA) is 57.2 Å². The van der Waals surface area contributed by atoms with Crippen molar-refractivity contribution in [3.05, 3.63) is 5.56 Å².